The Hall–Kier alpha value is -4.78. The summed E-state index contributed by atoms with van der Waals surface area (Å²) in [5.74, 6) is 1.23. The predicted molar refractivity (Wildman–Crippen MR) is 211 cm³/mol. The maximum atomic E-state index is 5.16. The van der Waals surface area contributed by atoms with Crippen molar-refractivity contribution in [2.45, 2.75) is 12.8 Å². The third-order valence-corrected chi connectivity index (χ3v) is 11.0. The molecule has 4 aromatic carbocycles. The Balaban J connectivity index is 1.17. The first kappa shape index (κ1) is 30.5. The Bertz CT molecular complexity index is 2000. The number of para-hydroxylation sites is 4. The summed E-state index contributed by atoms with van der Waals surface area (Å²) >= 11 is 2.47. The number of hydrogen-bond acceptors (Lipinski definition) is 5. The molecule has 0 spiro atoms. The van der Waals surface area contributed by atoms with Crippen LogP contribution in [0.15, 0.2) is 157 Å². The fraction of sp³-hybridized carbons (Fsp3) is 0.0732. The van der Waals surface area contributed by atoms with E-state index in [2.05, 4.69) is 195 Å². The molecule has 0 amide bonds. The van der Waals surface area contributed by atoms with Crippen molar-refractivity contribution in [2.24, 2.45) is 0 Å². The molecule has 234 valence electrons. The summed E-state index contributed by atoms with van der Waals surface area (Å²) in [6.07, 6.45) is 4.97. The molecule has 5 nitrogen and oxygen atoms in total. The van der Waals surface area contributed by atoms with Gasteiger partial charge in [0, 0.05) is 36.1 Å². The second-order valence-electron chi connectivity index (χ2n) is 11.7. The van der Waals surface area contributed by atoms with Crippen LogP contribution in [-0.2, 0) is 0 Å². The summed E-state index contributed by atoms with van der Waals surface area (Å²) in [5.41, 5.74) is 12.1. The van der Waals surface area contributed by atoms with Crippen LogP contribution in [0.25, 0.3) is 23.5 Å². The topological polar surface area (TPSA) is 35.5 Å². The van der Waals surface area contributed by atoms with E-state index >= 15 is 0 Å². The van der Waals surface area contributed by atoms with E-state index in [4.69, 9.17) is 9.97 Å². The Labute approximate surface area is 296 Å². The normalized spacial score (nSPS) is 17.1. The molecule has 0 aliphatic carbocycles. The van der Waals surface area contributed by atoms with Gasteiger partial charge in [-0.25, -0.2) is 9.97 Å². The number of allylic oxidation sites excluding steroid dienone is 1. The Morgan fingerprint density at radius 1 is 0.625 bits per heavy atom. The van der Waals surface area contributed by atoms with Crippen molar-refractivity contribution in [1.29, 1.82) is 0 Å². The average molecular weight is 754 g/mol. The van der Waals surface area contributed by atoms with Crippen molar-refractivity contribution in [3.63, 3.8) is 0 Å². The molecule has 0 bridgehead atoms. The summed E-state index contributed by atoms with van der Waals surface area (Å²) in [6, 6.07) is 51.1. The molecular weight excluding hydrogens is 720 g/mol. The molecule has 2 aliphatic heterocycles. The van der Waals surface area contributed by atoms with E-state index in [1.54, 1.807) is 0 Å². The van der Waals surface area contributed by atoms with E-state index in [0.29, 0.717) is 6.37 Å². The van der Waals surface area contributed by atoms with Gasteiger partial charge in [-0.2, -0.15) is 0 Å². The quantitative estimate of drug-likeness (QED) is 0.120. The van der Waals surface area contributed by atoms with Crippen LogP contribution in [0.1, 0.15) is 35.4 Å². The minimum Gasteiger partial charge on any atom is -0.344 e. The van der Waals surface area contributed by atoms with Crippen LogP contribution in [0.5, 0.6) is 0 Å². The average Bonchev–Trinajstić information content (AvgIpc) is 3.63. The van der Waals surface area contributed by atoms with Gasteiger partial charge < -0.3 is 4.90 Å². The van der Waals surface area contributed by atoms with Gasteiger partial charge in [0.2, 0.25) is 0 Å². The second-order valence-corrected chi connectivity index (χ2v) is 13.8. The molecule has 0 N–H and O–H groups in total. The number of fused-ring (bicyclic) bond motifs is 2. The Morgan fingerprint density at radius 2 is 1.21 bits per heavy atom. The van der Waals surface area contributed by atoms with Crippen LogP contribution in [0.2, 0.25) is 0 Å². The van der Waals surface area contributed by atoms with Crippen LogP contribution < -0.4 is 14.5 Å². The van der Waals surface area contributed by atoms with Crippen LogP contribution in [0.3, 0.4) is 0 Å². The van der Waals surface area contributed by atoms with Gasteiger partial charge in [-0.05, 0) is 101 Å². The fourth-order valence-electron chi connectivity index (χ4n) is 6.83. The lowest BCUT2D eigenvalue weighted by Gasteiger charge is -2.24. The third-order valence-electron chi connectivity index (χ3n) is 8.89. The molecular formula is C41H33IN5P. The van der Waals surface area contributed by atoms with Gasteiger partial charge in [0.15, 0.2) is 0 Å². The maximum Gasteiger partial charge on any atom is 0.124 e. The number of benzene rings is 4. The number of halogens is 1. The first-order valence-electron chi connectivity index (χ1n) is 16.1. The highest BCUT2D eigenvalue weighted by molar-refractivity contribution is 14.2. The van der Waals surface area contributed by atoms with Crippen molar-refractivity contribution in [3.8, 4) is 11.4 Å². The lowest BCUT2D eigenvalue weighted by atomic mass is 9.90. The standard InChI is InChI=1S/C41H33IN5P/c1-2-45-36-24-10-9-21-33(36)41(29-15-5-3-6-16-29)39(45)27-30-17-13-22-34(43-30)35-23-14-18-31(44-35)28-40-46(32-19-7-4-8-20-32)37-25-11-12-26-38(37)47(40)48-42/h3-28,41,48H,2H2,1H3/b39-27-,40-28-/t41-/m0/s1. The first-order chi connectivity index (χ1) is 23.7. The number of pyridine rings is 2. The number of rotatable bonds is 7. The second kappa shape index (κ2) is 13.4. The zero-order chi connectivity index (χ0) is 32.5. The third kappa shape index (κ3) is 5.59. The van der Waals surface area contributed by atoms with Gasteiger partial charge in [-0.1, -0.05) is 91.0 Å². The molecule has 2 atom stereocenters. The summed E-state index contributed by atoms with van der Waals surface area (Å²) in [5, 5.41) is 0. The van der Waals surface area contributed by atoms with Crippen molar-refractivity contribution >= 4 is 63.3 Å². The van der Waals surface area contributed by atoms with Gasteiger partial charge in [-0.3, -0.25) is 9.57 Å². The fourth-order valence-corrected chi connectivity index (χ4v) is 8.88. The number of anilines is 4. The lowest BCUT2D eigenvalue weighted by Crippen LogP contribution is -2.19. The van der Waals surface area contributed by atoms with E-state index in [1.165, 1.54) is 33.9 Å². The molecule has 0 fully saturated rings. The minimum absolute atomic E-state index is 0.144. The van der Waals surface area contributed by atoms with Crippen molar-refractivity contribution < 1.29 is 0 Å². The Morgan fingerprint density at radius 3 is 1.88 bits per heavy atom. The minimum atomic E-state index is 0.144. The number of nitrogens with zero attached hydrogens (tertiary/aromatic N) is 5. The molecule has 0 radical (unpaired) electrons. The van der Waals surface area contributed by atoms with E-state index in [1.807, 2.05) is 6.07 Å². The van der Waals surface area contributed by atoms with Gasteiger partial charge in [-0.15, -0.1) is 0 Å². The van der Waals surface area contributed by atoms with Gasteiger partial charge in [0.25, 0.3) is 0 Å². The SMILES string of the molecule is CCN1/C(=C\c2cccc(-c3cccc(/C=C4\N(PI)c5ccccc5N4c4ccccc4)n3)n2)[C@@H](c2ccccc2)c2ccccc21. The molecule has 2 aliphatic rings. The lowest BCUT2D eigenvalue weighted by molar-refractivity contribution is 0.911. The number of hydrogen-bond donors (Lipinski definition) is 0. The summed E-state index contributed by atoms with van der Waals surface area (Å²) in [4.78, 5) is 15.0. The summed E-state index contributed by atoms with van der Waals surface area (Å²) in [6.45, 7) is 3.09. The molecule has 0 saturated heterocycles. The van der Waals surface area contributed by atoms with Gasteiger partial charge in [0.05, 0.1) is 40.1 Å². The highest BCUT2D eigenvalue weighted by Gasteiger charge is 2.34. The zero-order valence-electron chi connectivity index (χ0n) is 26.4. The van der Waals surface area contributed by atoms with Gasteiger partial charge in [0.1, 0.15) is 5.82 Å². The van der Waals surface area contributed by atoms with Crippen molar-refractivity contribution in [1.82, 2.24) is 9.97 Å². The highest BCUT2D eigenvalue weighted by Crippen LogP contribution is 2.53. The molecule has 1 unspecified atom stereocenters. The summed E-state index contributed by atoms with van der Waals surface area (Å²) in [7, 11) is 0. The van der Waals surface area contributed by atoms with Crippen molar-refractivity contribution in [3.05, 3.63) is 180 Å². The molecule has 48 heavy (non-hydrogen) atoms. The predicted octanol–water partition coefficient (Wildman–Crippen LogP) is 11.1. The van der Waals surface area contributed by atoms with Crippen LogP contribution in [0, 0.1) is 0 Å². The number of aromatic nitrogens is 2. The van der Waals surface area contributed by atoms with Crippen LogP contribution >= 0.6 is 28.4 Å². The molecule has 6 aromatic rings. The highest BCUT2D eigenvalue weighted by atomic mass is 127. The van der Waals surface area contributed by atoms with Gasteiger partial charge >= 0.3 is 0 Å². The van der Waals surface area contributed by atoms with E-state index in [9.17, 15) is 0 Å². The largest absolute Gasteiger partial charge is 0.344 e. The Kier molecular flexibility index (Phi) is 8.52. The van der Waals surface area contributed by atoms with E-state index in [0.717, 1.165) is 40.8 Å². The summed E-state index contributed by atoms with van der Waals surface area (Å²) < 4.78 is 2.37. The number of likely N-dealkylation sites (N-methyl/N-ethyl adjacent to an activating group) is 1. The smallest absolute Gasteiger partial charge is 0.124 e. The molecule has 2 aromatic heterocycles. The molecule has 4 heterocycles. The van der Waals surface area contributed by atoms with Crippen molar-refractivity contribution in [2.75, 3.05) is 21.0 Å². The molecule has 7 heteroatoms. The van der Waals surface area contributed by atoms with E-state index < -0.39 is 0 Å². The monoisotopic (exact) mass is 753 g/mol. The zero-order valence-corrected chi connectivity index (χ0v) is 29.6. The van der Waals surface area contributed by atoms with Crippen LogP contribution in [0.4, 0.5) is 22.7 Å². The maximum absolute atomic E-state index is 5.16. The molecule has 0 saturated carbocycles. The van der Waals surface area contributed by atoms with Crippen LogP contribution in [-0.4, -0.2) is 16.5 Å². The first-order valence-corrected chi connectivity index (χ1v) is 20.2. The molecule has 8 rings (SSSR count). The van der Waals surface area contributed by atoms with E-state index in [-0.39, 0.29) is 5.92 Å².